The maximum absolute atomic E-state index is 9.08. The molecule has 2 heteroatoms. The predicted octanol–water partition coefficient (Wildman–Crippen LogP) is -0.271. The molecule has 0 bridgehead atoms. The second kappa shape index (κ2) is 1.45. The van der Waals surface area contributed by atoms with Crippen molar-refractivity contribution in [2.45, 2.75) is 25.0 Å². The molecule has 2 N–H and O–H groups in total. The summed E-state index contributed by atoms with van der Waals surface area (Å²) in [4.78, 5) is 0. The quantitative estimate of drug-likeness (QED) is 0.453. The third-order valence-electron chi connectivity index (χ3n) is 2.39. The molecule has 1 aliphatic carbocycles. The fourth-order valence-electron chi connectivity index (χ4n) is 1.75. The molecule has 3 atom stereocenters. The molecule has 2 nitrogen and oxygen atoms in total. The first-order chi connectivity index (χ1) is 3.88. The zero-order chi connectivity index (χ0) is 5.56. The molecule has 0 aromatic heterocycles. The van der Waals surface area contributed by atoms with Crippen LogP contribution in [0.3, 0.4) is 0 Å². The van der Waals surface area contributed by atoms with Crippen LogP contribution in [-0.2, 0) is 0 Å². The Morgan fingerprint density at radius 2 is 2.38 bits per heavy atom. The minimum Gasteiger partial charge on any atom is -0.393 e. The van der Waals surface area contributed by atoms with E-state index in [9.17, 15) is 0 Å². The Labute approximate surface area is 48.9 Å². The Hall–Kier alpha value is -0.0800. The van der Waals surface area contributed by atoms with Gasteiger partial charge in [0.15, 0.2) is 0 Å². The van der Waals surface area contributed by atoms with E-state index < -0.39 is 0 Å². The van der Waals surface area contributed by atoms with Crippen LogP contribution in [0.15, 0.2) is 0 Å². The molecule has 0 aromatic rings. The first-order valence-corrected chi connectivity index (χ1v) is 3.29. The van der Waals surface area contributed by atoms with Crippen LogP contribution in [0.1, 0.15) is 12.8 Å². The summed E-state index contributed by atoms with van der Waals surface area (Å²) in [5.74, 6) is 0.606. The standard InChI is InChI=1S/C6H11NO/c8-6-3-5-4(6)1-2-7-5/h4-8H,1-3H2/t4-,5-,6-/m1/s1. The van der Waals surface area contributed by atoms with Crippen LogP contribution in [0.25, 0.3) is 0 Å². The number of hydrogen-bond acceptors (Lipinski definition) is 2. The van der Waals surface area contributed by atoms with Crippen molar-refractivity contribution < 1.29 is 5.11 Å². The highest BCUT2D eigenvalue weighted by Crippen LogP contribution is 2.34. The van der Waals surface area contributed by atoms with E-state index in [0.29, 0.717) is 12.0 Å². The normalized spacial score (nSPS) is 52.9. The van der Waals surface area contributed by atoms with E-state index in [2.05, 4.69) is 5.32 Å². The molecule has 1 heterocycles. The molecular weight excluding hydrogens is 102 g/mol. The largest absolute Gasteiger partial charge is 0.393 e. The van der Waals surface area contributed by atoms with Crippen molar-refractivity contribution in [2.75, 3.05) is 6.54 Å². The van der Waals surface area contributed by atoms with E-state index in [1.807, 2.05) is 0 Å². The molecule has 8 heavy (non-hydrogen) atoms. The fourth-order valence-corrected chi connectivity index (χ4v) is 1.75. The third kappa shape index (κ3) is 0.446. The van der Waals surface area contributed by atoms with E-state index in [-0.39, 0.29) is 6.10 Å². The number of rotatable bonds is 0. The molecule has 2 fully saturated rings. The van der Waals surface area contributed by atoms with Gasteiger partial charge in [-0.2, -0.15) is 0 Å². The maximum Gasteiger partial charge on any atom is 0.0598 e. The molecule has 0 spiro atoms. The van der Waals surface area contributed by atoms with Gasteiger partial charge in [0.25, 0.3) is 0 Å². The van der Waals surface area contributed by atoms with E-state index in [1.54, 1.807) is 0 Å². The van der Waals surface area contributed by atoms with Crippen molar-refractivity contribution >= 4 is 0 Å². The molecule has 0 radical (unpaired) electrons. The van der Waals surface area contributed by atoms with Gasteiger partial charge in [0.1, 0.15) is 0 Å². The summed E-state index contributed by atoms with van der Waals surface area (Å²) in [5.41, 5.74) is 0. The van der Waals surface area contributed by atoms with Crippen molar-refractivity contribution in [2.24, 2.45) is 5.92 Å². The summed E-state index contributed by atoms with van der Waals surface area (Å²) in [6, 6.07) is 0.671. The van der Waals surface area contributed by atoms with Crippen molar-refractivity contribution in [1.29, 1.82) is 0 Å². The van der Waals surface area contributed by atoms with Crippen molar-refractivity contribution in [1.82, 2.24) is 5.32 Å². The minimum atomic E-state index is 0.0231. The number of nitrogens with one attached hydrogen (secondary N) is 1. The molecular formula is C6H11NO. The highest BCUT2D eigenvalue weighted by atomic mass is 16.3. The smallest absolute Gasteiger partial charge is 0.0598 e. The zero-order valence-corrected chi connectivity index (χ0v) is 4.80. The Balaban J connectivity index is 2.02. The van der Waals surface area contributed by atoms with E-state index in [4.69, 9.17) is 5.11 Å². The Morgan fingerprint density at radius 3 is 2.88 bits per heavy atom. The lowest BCUT2D eigenvalue weighted by molar-refractivity contribution is 0.0130. The van der Waals surface area contributed by atoms with Gasteiger partial charge in [-0.25, -0.2) is 0 Å². The van der Waals surface area contributed by atoms with Gasteiger partial charge in [0.05, 0.1) is 6.10 Å². The van der Waals surface area contributed by atoms with Crippen molar-refractivity contribution in [3.8, 4) is 0 Å². The van der Waals surface area contributed by atoms with E-state index >= 15 is 0 Å². The molecule has 46 valence electrons. The minimum absolute atomic E-state index is 0.0231. The van der Waals surface area contributed by atoms with Gasteiger partial charge in [-0.05, 0) is 19.4 Å². The number of aliphatic hydroxyl groups excluding tert-OH is 1. The molecule has 1 aliphatic heterocycles. The van der Waals surface area contributed by atoms with Gasteiger partial charge >= 0.3 is 0 Å². The molecule has 2 rings (SSSR count). The Morgan fingerprint density at radius 1 is 1.50 bits per heavy atom. The summed E-state index contributed by atoms with van der Waals surface area (Å²) in [7, 11) is 0. The van der Waals surface area contributed by atoms with Crippen molar-refractivity contribution in [3.05, 3.63) is 0 Å². The summed E-state index contributed by atoms with van der Waals surface area (Å²) in [6.45, 7) is 1.12. The lowest BCUT2D eigenvalue weighted by Crippen LogP contribution is -2.47. The number of hydrogen-bond donors (Lipinski definition) is 2. The molecule has 0 amide bonds. The average molecular weight is 113 g/mol. The topological polar surface area (TPSA) is 32.3 Å². The first kappa shape index (κ1) is 4.77. The van der Waals surface area contributed by atoms with Crippen LogP contribution < -0.4 is 5.32 Å². The SMILES string of the molecule is O[C@@H]1C[C@H]2NCC[C@@H]12. The van der Waals surface area contributed by atoms with E-state index in [0.717, 1.165) is 13.0 Å². The lowest BCUT2D eigenvalue weighted by Gasteiger charge is -2.35. The highest BCUT2D eigenvalue weighted by Gasteiger charge is 2.42. The molecule has 1 saturated heterocycles. The van der Waals surface area contributed by atoms with Crippen LogP contribution in [0.2, 0.25) is 0 Å². The van der Waals surface area contributed by atoms with Gasteiger partial charge in [-0.1, -0.05) is 0 Å². The summed E-state index contributed by atoms with van der Waals surface area (Å²) in [6.07, 6.45) is 2.20. The number of aliphatic hydroxyl groups is 1. The molecule has 0 unspecified atom stereocenters. The van der Waals surface area contributed by atoms with Gasteiger partial charge in [-0.15, -0.1) is 0 Å². The first-order valence-electron chi connectivity index (χ1n) is 3.29. The Kier molecular flexibility index (Phi) is 0.866. The van der Waals surface area contributed by atoms with Crippen LogP contribution in [-0.4, -0.2) is 23.8 Å². The van der Waals surface area contributed by atoms with E-state index in [1.165, 1.54) is 6.42 Å². The van der Waals surface area contributed by atoms with Crippen LogP contribution in [0, 0.1) is 5.92 Å². The van der Waals surface area contributed by atoms with Gasteiger partial charge in [0.2, 0.25) is 0 Å². The highest BCUT2D eigenvalue weighted by molar-refractivity contribution is 4.98. The fraction of sp³-hybridized carbons (Fsp3) is 1.00. The maximum atomic E-state index is 9.08. The van der Waals surface area contributed by atoms with Gasteiger partial charge < -0.3 is 10.4 Å². The van der Waals surface area contributed by atoms with Gasteiger partial charge in [-0.3, -0.25) is 0 Å². The van der Waals surface area contributed by atoms with Crippen LogP contribution in [0.4, 0.5) is 0 Å². The Bertz CT molecular complexity index is 105. The van der Waals surface area contributed by atoms with Gasteiger partial charge in [0, 0.05) is 12.0 Å². The number of fused-ring (bicyclic) bond motifs is 1. The second-order valence-electron chi connectivity index (χ2n) is 2.82. The second-order valence-corrected chi connectivity index (χ2v) is 2.82. The molecule has 2 aliphatic rings. The average Bonchev–Trinajstić information content (AvgIpc) is 2.09. The summed E-state index contributed by atoms with van der Waals surface area (Å²) >= 11 is 0. The monoisotopic (exact) mass is 113 g/mol. The van der Waals surface area contributed by atoms with Crippen LogP contribution in [0.5, 0.6) is 0 Å². The van der Waals surface area contributed by atoms with Crippen molar-refractivity contribution in [3.63, 3.8) is 0 Å². The zero-order valence-electron chi connectivity index (χ0n) is 4.80. The van der Waals surface area contributed by atoms with Crippen LogP contribution >= 0.6 is 0 Å². The summed E-state index contributed by atoms with van der Waals surface area (Å²) in [5, 5.41) is 12.4. The third-order valence-corrected chi connectivity index (χ3v) is 2.39. The predicted molar refractivity (Wildman–Crippen MR) is 30.5 cm³/mol. The lowest BCUT2D eigenvalue weighted by atomic mass is 9.78. The summed E-state index contributed by atoms with van der Waals surface area (Å²) < 4.78 is 0. The molecule has 0 aromatic carbocycles. The molecule has 1 saturated carbocycles.